The van der Waals surface area contributed by atoms with Crippen molar-refractivity contribution in [1.82, 2.24) is 0 Å². The van der Waals surface area contributed by atoms with E-state index in [9.17, 15) is 17.3 Å². The third-order valence-electron chi connectivity index (χ3n) is 2.38. The van der Waals surface area contributed by atoms with Crippen LogP contribution in [0.3, 0.4) is 0 Å². The topological polar surface area (TPSA) is 18.5 Å². The largest absolute Gasteiger partial charge is 0.513 e. The lowest BCUT2D eigenvalue weighted by Crippen LogP contribution is -2.36. The minimum Gasteiger partial charge on any atom is -0.494 e. The maximum atomic E-state index is 13.0. The zero-order chi connectivity index (χ0) is 13.8. The van der Waals surface area contributed by atoms with Gasteiger partial charge in [0.15, 0.2) is 0 Å². The summed E-state index contributed by atoms with van der Waals surface area (Å²) in [4.78, 5) is 0. The second-order valence-corrected chi connectivity index (χ2v) is 3.97. The Morgan fingerprint density at radius 3 is 2.50 bits per heavy atom. The summed E-state index contributed by atoms with van der Waals surface area (Å²) in [6, 6.07) is 2.23. The Bertz CT molecular complexity index is 395. The zero-order valence-electron chi connectivity index (χ0n) is 10.1. The molecule has 1 atom stereocenters. The fourth-order valence-electron chi connectivity index (χ4n) is 1.44. The minimum absolute atomic E-state index is 0.364. The molecule has 7 heteroatoms. The van der Waals surface area contributed by atoms with Crippen molar-refractivity contribution in [3.63, 3.8) is 0 Å². The molecule has 1 aromatic carbocycles. The standard InChI is InChI=1S/C11H14BF4O2/c1-8(5-6-17-2)18-11-7-9(13)3-4-10(11)12(14,15)16/h3-4,7-8H,5-6H2,1-2H3/q-1. The first-order chi connectivity index (χ1) is 8.34. The van der Waals surface area contributed by atoms with Crippen LogP contribution in [0.2, 0.25) is 0 Å². The third-order valence-corrected chi connectivity index (χ3v) is 2.38. The fraction of sp³-hybridized carbons (Fsp3) is 0.455. The van der Waals surface area contributed by atoms with E-state index >= 15 is 0 Å². The Morgan fingerprint density at radius 1 is 1.28 bits per heavy atom. The van der Waals surface area contributed by atoms with Gasteiger partial charge in [-0.05, 0) is 13.0 Å². The van der Waals surface area contributed by atoms with Crippen LogP contribution in [0.15, 0.2) is 18.2 Å². The van der Waals surface area contributed by atoms with E-state index in [1.54, 1.807) is 6.92 Å². The SMILES string of the molecule is COCCC(C)Oc1cc(F)ccc1[B-](F)(F)F. The second-order valence-electron chi connectivity index (χ2n) is 3.97. The second kappa shape index (κ2) is 6.09. The van der Waals surface area contributed by atoms with Gasteiger partial charge < -0.3 is 22.4 Å². The van der Waals surface area contributed by atoms with Crippen molar-refractivity contribution < 1.29 is 26.8 Å². The Balaban J connectivity index is 2.89. The van der Waals surface area contributed by atoms with Crippen LogP contribution in [0.25, 0.3) is 0 Å². The monoisotopic (exact) mass is 265 g/mol. The van der Waals surface area contributed by atoms with E-state index in [2.05, 4.69) is 0 Å². The van der Waals surface area contributed by atoms with Gasteiger partial charge in [-0.15, -0.1) is 0 Å². The minimum atomic E-state index is -5.22. The molecule has 2 nitrogen and oxygen atoms in total. The molecule has 0 N–H and O–H groups in total. The van der Waals surface area contributed by atoms with E-state index < -0.39 is 30.1 Å². The average molecular weight is 265 g/mol. The number of hydrogen-bond acceptors (Lipinski definition) is 2. The maximum absolute atomic E-state index is 13.0. The van der Waals surface area contributed by atoms with E-state index in [1.807, 2.05) is 0 Å². The molecule has 0 aromatic heterocycles. The van der Waals surface area contributed by atoms with Gasteiger partial charge in [0.2, 0.25) is 0 Å². The molecule has 0 fully saturated rings. The molecule has 0 aliphatic carbocycles. The summed E-state index contributed by atoms with van der Waals surface area (Å²) < 4.78 is 61.1. The number of ether oxygens (including phenoxy) is 2. The molecule has 102 valence electrons. The highest BCUT2D eigenvalue weighted by Crippen LogP contribution is 2.20. The average Bonchev–Trinajstić information content (AvgIpc) is 2.24. The van der Waals surface area contributed by atoms with Gasteiger partial charge in [0, 0.05) is 26.2 Å². The normalized spacial score (nSPS) is 13.4. The van der Waals surface area contributed by atoms with Gasteiger partial charge >= 0.3 is 6.98 Å². The summed E-state index contributed by atoms with van der Waals surface area (Å²) in [5.74, 6) is -1.22. The highest BCUT2D eigenvalue weighted by Gasteiger charge is 2.29. The predicted molar refractivity (Wildman–Crippen MR) is 61.7 cm³/mol. The van der Waals surface area contributed by atoms with Gasteiger partial charge in [0.05, 0.1) is 11.9 Å². The Labute approximate surface area is 103 Å². The van der Waals surface area contributed by atoms with E-state index in [-0.39, 0.29) is 0 Å². The molecule has 0 spiro atoms. The molecule has 1 unspecified atom stereocenters. The van der Waals surface area contributed by atoms with Crippen molar-refractivity contribution in [1.29, 1.82) is 0 Å². The number of halogens is 4. The van der Waals surface area contributed by atoms with Crippen LogP contribution >= 0.6 is 0 Å². The first-order valence-electron chi connectivity index (χ1n) is 5.49. The Hall–Kier alpha value is -1.24. The van der Waals surface area contributed by atoms with Crippen LogP contribution in [0.5, 0.6) is 5.75 Å². The van der Waals surface area contributed by atoms with Gasteiger partial charge in [-0.25, -0.2) is 4.39 Å². The van der Waals surface area contributed by atoms with Crippen LogP contribution in [-0.4, -0.2) is 26.8 Å². The highest BCUT2D eigenvalue weighted by molar-refractivity contribution is 6.74. The fourth-order valence-corrected chi connectivity index (χ4v) is 1.44. The lowest BCUT2D eigenvalue weighted by atomic mass is 9.79. The summed E-state index contributed by atoms with van der Waals surface area (Å²) in [7, 11) is 1.49. The van der Waals surface area contributed by atoms with E-state index in [4.69, 9.17) is 9.47 Å². The lowest BCUT2D eigenvalue weighted by molar-refractivity contribution is 0.135. The van der Waals surface area contributed by atoms with Gasteiger partial charge in [0.25, 0.3) is 0 Å². The number of benzene rings is 1. The summed E-state index contributed by atoms with van der Waals surface area (Å²) >= 11 is 0. The molecule has 0 radical (unpaired) electrons. The molecule has 1 rings (SSSR count). The molecular weight excluding hydrogens is 251 g/mol. The molecule has 0 heterocycles. The van der Waals surface area contributed by atoms with Crippen molar-refractivity contribution in [2.45, 2.75) is 19.4 Å². The van der Waals surface area contributed by atoms with Crippen LogP contribution in [0.4, 0.5) is 17.3 Å². The zero-order valence-corrected chi connectivity index (χ0v) is 10.1. The third kappa shape index (κ3) is 4.21. The first kappa shape index (κ1) is 14.8. The van der Waals surface area contributed by atoms with Crippen molar-refractivity contribution in [3.8, 4) is 5.75 Å². The molecule has 0 saturated carbocycles. The lowest BCUT2D eigenvalue weighted by Gasteiger charge is -2.22. The number of hydrogen-bond donors (Lipinski definition) is 0. The smallest absolute Gasteiger partial charge is 0.494 e. The Kier molecular flexibility index (Phi) is 5.01. The molecule has 0 aliphatic heterocycles. The molecule has 18 heavy (non-hydrogen) atoms. The summed E-state index contributed by atoms with van der Waals surface area (Å²) in [5, 5.41) is 0. The van der Waals surface area contributed by atoms with Crippen LogP contribution in [0, 0.1) is 5.82 Å². The maximum Gasteiger partial charge on any atom is 0.513 e. The van der Waals surface area contributed by atoms with Crippen LogP contribution in [-0.2, 0) is 4.74 Å². The summed E-state index contributed by atoms with van der Waals surface area (Å²) in [6.07, 6.45) is -0.0548. The number of methoxy groups -OCH3 is 1. The molecule has 0 amide bonds. The molecule has 0 saturated heterocycles. The highest BCUT2D eigenvalue weighted by atomic mass is 19.4. The Morgan fingerprint density at radius 2 is 1.94 bits per heavy atom. The molecule has 0 bridgehead atoms. The van der Waals surface area contributed by atoms with Gasteiger partial charge in [-0.2, -0.15) is 0 Å². The summed E-state index contributed by atoms with van der Waals surface area (Å²) in [6.45, 7) is -3.25. The first-order valence-corrected chi connectivity index (χ1v) is 5.49. The van der Waals surface area contributed by atoms with E-state index in [1.165, 1.54) is 7.11 Å². The van der Waals surface area contributed by atoms with Crippen molar-refractivity contribution in [2.24, 2.45) is 0 Å². The molecular formula is C11H14BF4O2-. The van der Waals surface area contributed by atoms with E-state index in [0.717, 1.165) is 12.1 Å². The van der Waals surface area contributed by atoms with Gasteiger partial charge in [-0.3, -0.25) is 0 Å². The summed E-state index contributed by atoms with van der Waals surface area (Å²) in [5.41, 5.74) is -0.916. The quantitative estimate of drug-likeness (QED) is 0.581. The van der Waals surface area contributed by atoms with Crippen molar-refractivity contribution in [2.75, 3.05) is 13.7 Å². The van der Waals surface area contributed by atoms with Crippen LogP contribution in [0.1, 0.15) is 13.3 Å². The van der Waals surface area contributed by atoms with Gasteiger partial charge in [0.1, 0.15) is 5.82 Å². The number of rotatable bonds is 6. The van der Waals surface area contributed by atoms with E-state index in [0.29, 0.717) is 19.1 Å². The van der Waals surface area contributed by atoms with Crippen LogP contribution < -0.4 is 10.2 Å². The predicted octanol–water partition coefficient (Wildman–Crippen LogP) is 2.68. The van der Waals surface area contributed by atoms with Gasteiger partial charge in [-0.1, -0.05) is 11.5 Å². The van der Waals surface area contributed by atoms with Crippen molar-refractivity contribution >= 4 is 12.4 Å². The van der Waals surface area contributed by atoms with Crippen molar-refractivity contribution in [3.05, 3.63) is 24.0 Å². The molecule has 0 aliphatic rings. The molecule has 1 aromatic rings.